The molecule has 4 heteroatoms. The Hall–Kier alpha value is -1.16. The van der Waals surface area contributed by atoms with Crippen molar-refractivity contribution in [2.45, 2.75) is 23.0 Å². The minimum atomic E-state index is -3.24. The summed E-state index contributed by atoms with van der Waals surface area (Å²) in [6.07, 6.45) is 2.03. The molecule has 0 saturated heterocycles. The molecule has 0 radical (unpaired) electrons. The van der Waals surface area contributed by atoms with Gasteiger partial charge in [-0.1, -0.05) is 18.2 Å². The van der Waals surface area contributed by atoms with Gasteiger partial charge >= 0.3 is 0 Å². The van der Waals surface area contributed by atoms with Crippen LogP contribution in [0.4, 0.5) is 0 Å². The van der Waals surface area contributed by atoms with E-state index in [0.717, 1.165) is 12.8 Å². The Morgan fingerprint density at radius 3 is 2.43 bits per heavy atom. The van der Waals surface area contributed by atoms with Crippen LogP contribution in [0.2, 0.25) is 0 Å². The van der Waals surface area contributed by atoms with Gasteiger partial charge in [-0.15, -0.1) is 0 Å². The molecule has 0 N–H and O–H groups in total. The summed E-state index contributed by atoms with van der Waals surface area (Å²) in [5, 5.41) is -0.261. The molecule has 1 saturated carbocycles. The largest absolute Gasteiger partial charge is 0.298 e. The number of rotatable bonds is 3. The van der Waals surface area contributed by atoms with Crippen LogP contribution in [0.25, 0.3) is 0 Å². The van der Waals surface area contributed by atoms with Gasteiger partial charge in [0.25, 0.3) is 0 Å². The van der Waals surface area contributed by atoms with Crippen molar-refractivity contribution in [3.05, 3.63) is 29.8 Å². The molecule has 1 aliphatic rings. The van der Waals surface area contributed by atoms with E-state index in [1.54, 1.807) is 12.1 Å². The molecule has 0 aliphatic heterocycles. The number of sulfone groups is 1. The molecule has 1 fully saturated rings. The molecule has 0 unspecified atom stereocenters. The molecule has 74 valence electrons. The lowest BCUT2D eigenvalue weighted by Gasteiger charge is -2.04. The zero-order valence-electron chi connectivity index (χ0n) is 7.51. The van der Waals surface area contributed by atoms with Gasteiger partial charge < -0.3 is 0 Å². The fourth-order valence-electron chi connectivity index (χ4n) is 1.39. The van der Waals surface area contributed by atoms with E-state index in [9.17, 15) is 13.2 Å². The third kappa shape index (κ3) is 1.46. The summed E-state index contributed by atoms with van der Waals surface area (Å²) >= 11 is 0. The summed E-state index contributed by atoms with van der Waals surface area (Å²) in [7, 11) is -3.24. The summed E-state index contributed by atoms with van der Waals surface area (Å²) in [4.78, 5) is 10.8. The molecule has 0 aromatic heterocycles. The minimum absolute atomic E-state index is 0.178. The van der Waals surface area contributed by atoms with E-state index in [-0.39, 0.29) is 15.7 Å². The Balaban J connectivity index is 2.55. The highest BCUT2D eigenvalue weighted by molar-refractivity contribution is 7.92. The first-order valence-electron chi connectivity index (χ1n) is 4.44. The van der Waals surface area contributed by atoms with Crippen molar-refractivity contribution in [1.82, 2.24) is 0 Å². The molecule has 2 rings (SSSR count). The van der Waals surface area contributed by atoms with Crippen LogP contribution in [0.5, 0.6) is 0 Å². The van der Waals surface area contributed by atoms with E-state index in [4.69, 9.17) is 0 Å². The van der Waals surface area contributed by atoms with Crippen molar-refractivity contribution in [1.29, 1.82) is 0 Å². The van der Waals surface area contributed by atoms with Gasteiger partial charge in [0.05, 0.1) is 10.1 Å². The van der Waals surface area contributed by atoms with Crippen molar-refractivity contribution in [2.75, 3.05) is 0 Å². The predicted molar refractivity (Wildman–Crippen MR) is 52.0 cm³/mol. The summed E-state index contributed by atoms with van der Waals surface area (Å²) in [6, 6.07) is 6.33. The molecule has 0 amide bonds. The average Bonchev–Trinajstić information content (AvgIpc) is 3.01. The lowest BCUT2D eigenvalue weighted by atomic mass is 10.2. The lowest BCUT2D eigenvalue weighted by Crippen LogP contribution is -2.09. The quantitative estimate of drug-likeness (QED) is 0.709. The van der Waals surface area contributed by atoms with Crippen molar-refractivity contribution in [3.8, 4) is 0 Å². The van der Waals surface area contributed by atoms with E-state index in [2.05, 4.69) is 0 Å². The fraction of sp³-hybridized carbons (Fsp3) is 0.300. The maximum Gasteiger partial charge on any atom is 0.181 e. The number of benzene rings is 1. The van der Waals surface area contributed by atoms with E-state index < -0.39 is 9.84 Å². The number of hydrogen-bond acceptors (Lipinski definition) is 3. The Labute approximate surface area is 82.7 Å². The smallest absolute Gasteiger partial charge is 0.181 e. The standard InChI is InChI=1S/C10H10O3S/c11-7-8-3-1-2-4-10(8)14(12,13)9-5-6-9/h1-4,7,9H,5-6H2. The summed E-state index contributed by atoms with van der Waals surface area (Å²) < 4.78 is 23.6. The first-order valence-corrected chi connectivity index (χ1v) is 5.99. The van der Waals surface area contributed by atoms with Gasteiger partial charge in [-0.25, -0.2) is 8.42 Å². The van der Waals surface area contributed by atoms with E-state index in [1.165, 1.54) is 12.1 Å². The van der Waals surface area contributed by atoms with Crippen LogP contribution in [0.15, 0.2) is 29.2 Å². The van der Waals surface area contributed by atoms with E-state index in [1.807, 2.05) is 0 Å². The second kappa shape index (κ2) is 3.20. The van der Waals surface area contributed by atoms with Gasteiger partial charge in [0.1, 0.15) is 0 Å². The zero-order valence-corrected chi connectivity index (χ0v) is 8.33. The molecule has 3 nitrogen and oxygen atoms in total. The highest BCUT2D eigenvalue weighted by Crippen LogP contribution is 2.34. The number of carbonyl (C=O) groups is 1. The predicted octanol–water partition coefficient (Wildman–Crippen LogP) is 1.44. The molecule has 0 atom stereocenters. The topological polar surface area (TPSA) is 51.2 Å². The van der Waals surface area contributed by atoms with Crippen molar-refractivity contribution >= 4 is 16.1 Å². The fourth-order valence-corrected chi connectivity index (χ4v) is 3.22. The maximum atomic E-state index is 11.8. The third-order valence-electron chi connectivity index (χ3n) is 2.32. The maximum absolute atomic E-state index is 11.8. The Morgan fingerprint density at radius 1 is 1.21 bits per heavy atom. The van der Waals surface area contributed by atoms with Gasteiger partial charge in [0.15, 0.2) is 16.1 Å². The molecular weight excluding hydrogens is 200 g/mol. The van der Waals surface area contributed by atoms with Crippen molar-refractivity contribution in [2.24, 2.45) is 0 Å². The van der Waals surface area contributed by atoms with Crippen LogP contribution in [0.3, 0.4) is 0 Å². The molecular formula is C10H10O3S. The Kier molecular flexibility index (Phi) is 2.15. The monoisotopic (exact) mass is 210 g/mol. The molecule has 0 spiro atoms. The second-order valence-corrected chi connectivity index (χ2v) is 5.60. The van der Waals surface area contributed by atoms with Crippen LogP contribution in [0.1, 0.15) is 23.2 Å². The average molecular weight is 210 g/mol. The van der Waals surface area contributed by atoms with Crippen molar-refractivity contribution in [3.63, 3.8) is 0 Å². The van der Waals surface area contributed by atoms with Gasteiger partial charge in [0.2, 0.25) is 0 Å². The van der Waals surface area contributed by atoms with Gasteiger partial charge in [-0.3, -0.25) is 4.79 Å². The highest BCUT2D eigenvalue weighted by Gasteiger charge is 2.37. The molecule has 0 bridgehead atoms. The van der Waals surface area contributed by atoms with Gasteiger partial charge in [0, 0.05) is 5.56 Å². The Morgan fingerprint density at radius 2 is 1.86 bits per heavy atom. The minimum Gasteiger partial charge on any atom is -0.298 e. The number of hydrogen-bond donors (Lipinski definition) is 0. The Bertz CT molecular complexity index is 458. The van der Waals surface area contributed by atoms with E-state index in [0.29, 0.717) is 6.29 Å². The highest BCUT2D eigenvalue weighted by atomic mass is 32.2. The van der Waals surface area contributed by atoms with Crippen LogP contribution in [-0.4, -0.2) is 20.0 Å². The molecule has 1 aromatic carbocycles. The van der Waals surface area contributed by atoms with Gasteiger partial charge in [-0.05, 0) is 18.9 Å². The molecule has 14 heavy (non-hydrogen) atoms. The lowest BCUT2D eigenvalue weighted by molar-refractivity contribution is 0.112. The van der Waals surface area contributed by atoms with Crippen LogP contribution >= 0.6 is 0 Å². The number of aldehydes is 1. The molecule has 0 heterocycles. The van der Waals surface area contributed by atoms with Crippen LogP contribution < -0.4 is 0 Å². The first-order chi connectivity index (χ1) is 6.66. The molecule has 1 aromatic rings. The summed E-state index contributed by atoms with van der Waals surface area (Å²) in [5.41, 5.74) is 0.263. The SMILES string of the molecule is O=Cc1ccccc1S(=O)(=O)C1CC1. The van der Waals surface area contributed by atoms with Crippen LogP contribution in [0, 0.1) is 0 Å². The summed E-state index contributed by atoms with van der Waals surface area (Å²) in [6.45, 7) is 0. The molecule has 1 aliphatic carbocycles. The zero-order chi connectivity index (χ0) is 10.2. The van der Waals surface area contributed by atoms with Crippen molar-refractivity contribution < 1.29 is 13.2 Å². The van der Waals surface area contributed by atoms with Crippen LogP contribution in [-0.2, 0) is 9.84 Å². The normalized spacial score (nSPS) is 16.6. The second-order valence-electron chi connectivity index (χ2n) is 3.40. The third-order valence-corrected chi connectivity index (χ3v) is 4.65. The first kappa shape index (κ1) is 9.40. The summed E-state index contributed by atoms with van der Waals surface area (Å²) in [5.74, 6) is 0. The number of carbonyl (C=O) groups excluding carboxylic acids is 1. The van der Waals surface area contributed by atoms with E-state index >= 15 is 0 Å². The van der Waals surface area contributed by atoms with Gasteiger partial charge in [-0.2, -0.15) is 0 Å².